The number of hydrogen-bond acceptors (Lipinski definition) is 7. The van der Waals surface area contributed by atoms with Gasteiger partial charge in [0.25, 0.3) is 5.89 Å². The SMILES string of the molecule is O=C(c1nnc(-c2ccns2)o1)N1CCC(C2CCOCC2)C1. The quantitative estimate of drug-likeness (QED) is 0.855. The molecule has 2 aliphatic rings. The van der Waals surface area contributed by atoms with Crippen molar-refractivity contribution in [3.63, 3.8) is 0 Å². The van der Waals surface area contributed by atoms with E-state index in [0.717, 1.165) is 50.4 Å². The first kappa shape index (κ1) is 14.8. The molecule has 2 saturated heterocycles. The van der Waals surface area contributed by atoms with Gasteiger partial charge in [-0.1, -0.05) is 0 Å². The summed E-state index contributed by atoms with van der Waals surface area (Å²) in [5.74, 6) is 1.49. The first-order chi connectivity index (χ1) is 11.3. The highest BCUT2D eigenvalue weighted by Gasteiger charge is 2.34. The number of rotatable bonds is 3. The molecule has 7 nitrogen and oxygen atoms in total. The Bertz CT molecular complexity index is 666. The van der Waals surface area contributed by atoms with E-state index in [1.165, 1.54) is 11.5 Å². The van der Waals surface area contributed by atoms with Gasteiger partial charge in [0, 0.05) is 32.5 Å². The summed E-state index contributed by atoms with van der Waals surface area (Å²) < 4.78 is 14.9. The first-order valence-corrected chi connectivity index (χ1v) is 8.70. The second-order valence-electron chi connectivity index (χ2n) is 6.04. The minimum atomic E-state index is -0.164. The van der Waals surface area contributed by atoms with Crippen LogP contribution >= 0.6 is 11.5 Å². The van der Waals surface area contributed by atoms with Crippen molar-refractivity contribution in [2.24, 2.45) is 11.8 Å². The van der Waals surface area contributed by atoms with E-state index >= 15 is 0 Å². The average molecular weight is 334 g/mol. The van der Waals surface area contributed by atoms with Gasteiger partial charge in [-0.25, -0.2) is 4.37 Å². The summed E-state index contributed by atoms with van der Waals surface area (Å²) in [7, 11) is 0. The molecule has 2 aromatic heterocycles. The molecule has 2 fully saturated rings. The van der Waals surface area contributed by atoms with Crippen LogP contribution in [0.3, 0.4) is 0 Å². The third-order valence-corrected chi connectivity index (χ3v) is 5.44. The number of carbonyl (C=O) groups excluding carboxylic acids is 1. The zero-order valence-electron chi connectivity index (χ0n) is 12.7. The van der Waals surface area contributed by atoms with E-state index in [0.29, 0.717) is 17.7 Å². The Morgan fingerprint density at radius 2 is 2.09 bits per heavy atom. The summed E-state index contributed by atoms with van der Waals surface area (Å²) in [6.07, 6.45) is 4.92. The van der Waals surface area contributed by atoms with Gasteiger partial charge in [-0.2, -0.15) is 0 Å². The molecule has 4 heterocycles. The highest BCUT2D eigenvalue weighted by atomic mass is 32.1. The Kier molecular flexibility index (Phi) is 4.09. The smallest absolute Gasteiger partial charge is 0.311 e. The summed E-state index contributed by atoms with van der Waals surface area (Å²) in [5.41, 5.74) is 0. The fourth-order valence-electron chi connectivity index (χ4n) is 3.41. The monoisotopic (exact) mass is 334 g/mol. The van der Waals surface area contributed by atoms with Crippen molar-refractivity contribution in [3.05, 3.63) is 18.2 Å². The first-order valence-electron chi connectivity index (χ1n) is 7.93. The Labute approximate surface area is 137 Å². The molecule has 1 atom stereocenters. The maximum absolute atomic E-state index is 12.6. The van der Waals surface area contributed by atoms with Gasteiger partial charge in [-0.3, -0.25) is 4.79 Å². The Balaban J connectivity index is 1.41. The van der Waals surface area contributed by atoms with Crippen LogP contribution in [-0.4, -0.2) is 51.7 Å². The Morgan fingerprint density at radius 3 is 2.87 bits per heavy atom. The molecule has 0 N–H and O–H groups in total. The molecular formula is C15H18N4O3S. The number of likely N-dealkylation sites (tertiary alicyclic amines) is 1. The van der Waals surface area contributed by atoms with Gasteiger partial charge in [-0.15, -0.1) is 10.2 Å². The maximum Gasteiger partial charge on any atom is 0.311 e. The van der Waals surface area contributed by atoms with Crippen molar-refractivity contribution in [2.45, 2.75) is 19.3 Å². The molecule has 0 aromatic carbocycles. The third-order valence-electron chi connectivity index (χ3n) is 4.70. The van der Waals surface area contributed by atoms with E-state index in [4.69, 9.17) is 9.15 Å². The molecule has 0 aliphatic carbocycles. The van der Waals surface area contributed by atoms with Crippen LogP contribution in [0.5, 0.6) is 0 Å². The molecule has 0 saturated carbocycles. The number of nitrogens with zero attached hydrogens (tertiary/aromatic N) is 4. The molecule has 2 aliphatic heterocycles. The zero-order chi connectivity index (χ0) is 15.6. The Hall–Kier alpha value is -1.80. The molecule has 1 amide bonds. The van der Waals surface area contributed by atoms with Crippen LogP contribution in [0.1, 0.15) is 29.9 Å². The van der Waals surface area contributed by atoms with Gasteiger partial charge in [-0.05, 0) is 48.7 Å². The summed E-state index contributed by atoms with van der Waals surface area (Å²) in [5, 5.41) is 7.85. The van der Waals surface area contributed by atoms with Crippen molar-refractivity contribution in [2.75, 3.05) is 26.3 Å². The van der Waals surface area contributed by atoms with Crippen molar-refractivity contribution in [3.8, 4) is 10.8 Å². The number of hydrogen-bond donors (Lipinski definition) is 0. The summed E-state index contributed by atoms with van der Waals surface area (Å²) in [4.78, 5) is 15.2. The van der Waals surface area contributed by atoms with Crippen molar-refractivity contribution in [1.29, 1.82) is 0 Å². The molecule has 2 aromatic rings. The van der Waals surface area contributed by atoms with E-state index in [1.807, 2.05) is 4.90 Å². The molecule has 4 rings (SSSR count). The number of carbonyl (C=O) groups is 1. The fourth-order valence-corrected chi connectivity index (χ4v) is 3.93. The second kappa shape index (κ2) is 6.37. The minimum absolute atomic E-state index is 0.0704. The van der Waals surface area contributed by atoms with Crippen molar-refractivity contribution < 1.29 is 13.9 Å². The standard InChI is InChI=1S/C15H18N4O3S/c20-15(14-18-17-13(22-14)12-1-5-16-23-12)19-6-2-11(9-19)10-3-7-21-8-4-10/h1,5,10-11H,2-4,6-9H2. The third kappa shape index (κ3) is 3.00. The summed E-state index contributed by atoms with van der Waals surface area (Å²) in [6.45, 7) is 3.23. The normalized spacial score (nSPS) is 22.6. The van der Waals surface area contributed by atoms with Crippen LogP contribution in [0.2, 0.25) is 0 Å². The summed E-state index contributed by atoms with van der Waals surface area (Å²) >= 11 is 1.27. The van der Waals surface area contributed by atoms with Gasteiger partial charge >= 0.3 is 11.8 Å². The topological polar surface area (TPSA) is 81.3 Å². The largest absolute Gasteiger partial charge is 0.411 e. The molecule has 0 spiro atoms. The minimum Gasteiger partial charge on any atom is -0.411 e. The van der Waals surface area contributed by atoms with E-state index in [2.05, 4.69) is 14.6 Å². The number of amides is 1. The van der Waals surface area contributed by atoms with Crippen LogP contribution in [-0.2, 0) is 4.74 Å². The van der Waals surface area contributed by atoms with Crippen molar-refractivity contribution >= 4 is 17.4 Å². The van der Waals surface area contributed by atoms with Crippen LogP contribution in [0, 0.1) is 11.8 Å². The molecule has 8 heteroatoms. The van der Waals surface area contributed by atoms with Gasteiger partial charge in [0.1, 0.15) is 4.88 Å². The van der Waals surface area contributed by atoms with Crippen LogP contribution < -0.4 is 0 Å². The lowest BCUT2D eigenvalue weighted by molar-refractivity contribution is 0.0468. The molecule has 0 radical (unpaired) electrons. The van der Waals surface area contributed by atoms with E-state index < -0.39 is 0 Å². The Morgan fingerprint density at radius 1 is 1.22 bits per heavy atom. The highest BCUT2D eigenvalue weighted by molar-refractivity contribution is 7.09. The van der Waals surface area contributed by atoms with Crippen LogP contribution in [0.15, 0.2) is 16.7 Å². The van der Waals surface area contributed by atoms with Gasteiger partial charge in [0.15, 0.2) is 0 Å². The number of ether oxygens (including phenoxy) is 1. The van der Waals surface area contributed by atoms with Gasteiger partial charge in [0.2, 0.25) is 0 Å². The van der Waals surface area contributed by atoms with Gasteiger partial charge in [0.05, 0.1) is 0 Å². The zero-order valence-corrected chi connectivity index (χ0v) is 13.5. The van der Waals surface area contributed by atoms with Crippen LogP contribution in [0.25, 0.3) is 10.8 Å². The summed E-state index contributed by atoms with van der Waals surface area (Å²) in [6, 6.07) is 1.80. The lowest BCUT2D eigenvalue weighted by Gasteiger charge is -2.27. The lowest BCUT2D eigenvalue weighted by Crippen LogP contribution is -2.31. The van der Waals surface area contributed by atoms with Crippen molar-refractivity contribution in [1.82, 2.24) is 19.5 Å². The van der Waals surface area contributed by atoms with E-state index in [9.17, 15) is 4.79 Å². The van der Waals surface area contributed by atoms with E-state index in [-0.39, 0.29) is 11.8 Å². The lowest BCUT2D eigenvalue weighted by atomic mass is 9.85. The highest BCUT2D eigenvalue weighted by Crippen LogP contribution is 2.32. The molecule has 122 valence electrons. The predicted molar refractivity (Wildman–Crippen MR) is 83.0 cm³/mol. The average Bonchev–Trinajstić information content (AvgIpc) is 3.35. The van der Waals surface area contributed by atoms with Crippen LogP contribution in [0.4, 0.5) is 0 Å². The molecule has 23 heavy (non-hydrogen) atoms. The van der Waals surface area contributed by atoms with E-state index in [1.54, 1.807) is 12.3 Å². The molecular weight excluding hydrogens is 316 g/mol. The fraction of sp³-hybridized carbons (Fsp3) is 0.600. The molecule has 0 bridgehead atoms. The number of aromatic nitrogens is 3. The predicted octanol–water partition coefficient (Wildman–Crippen LogP) is 2.08. The van der Waals surface area contributed by atoms with Gasteiger partial charge < -0.3 is 14.1 Å². The second-order valence-corrected chi connectivity index (χ2v) is 6.87. The molecule has 1 unspecified atom stereocenters. The maximum atomic E-state index is 12.6.